The summed E-state index contributed by atoms with van der Waals surface area (Å²) >= 11 is 0. The molecule has 0 unspecified atom stereocenters. The first kappa shape index (κ1) is 13.9. The van der Waals surface area contributed by atoms with Gasteiger partial charge in [0.1, 0.15) is 5.75 Å². The fourth-order valence-corrected chi connectivity index (χ4v) is 3.63. The van der Waals surface area contributed by atoms with Gasteiger partial charge in [-0.1, -0.05) is 12.8 Å². The maximum absolute atomic E-state index is 12.5. The van der Waals surface area contributed by atoms with Crippen LogP contribution < -0.4 is 15.4 Å². The first-order valence-corrected chi connectivity index (χ1v) is 7.34. The van der Waals surface area contributed by atoms with E-state index >= 15 is 0 Å². The number of nitrogens with zero attached hydrogens (tertiary/aromatic N) is 1. The van der Waals surface area contributed by atoms with E-state index in [2.05, 4.69) is 0 Å². The highest BCUT2D eigenvalue weighted by atomic mass is 16.5. The van der Waals surface area contributed by atoms with Crippen LogP contribution in [0, 0.1) is 5.41 Å². The maximum Gasteiger partial charge on any atom is 0.234 e. The zero-order valence-electron chi connectivity index (χ0n) is 12.2. The van der Waals surface area contributed by atoms with Gasteiger partial charge in [0.25, 0.3) is 0 Å². The van der Waals surface area contributed by atoms with Crippen LogP contribution in [0.2, 0.25) is 0 Å². The molecule has 1 aliphatic carbocycles. The van der Waals surface area contributed by atoms with E-state index < -0.39 is 0 Å². The summed E-state index contributed by atoms with van der Waals surface area (Å²) in [4.78, 5) is 26.2. The van der Waals surface area contributed by atoms with Crippen LogP contribution in [-0.4, -0.2) is 18.9 Å². The summed E-state index contributed by atoms with van der Waals surface area (Å²) in [6.45, 7) is 0. The minimum atomic E-state index is -0.113. The van der Waals surface area contributed by atoms with Crippen molar-refractivity contribution in [1.82, 2.24) is 0 Å². The molecule has 21 heavy (non-hydrogen) atoms. The van der Waals surface area contributed by atoms with Crippen LogP contribution in [0.4, 0.5) is 11.4 Å². The molecular formula is C16H20N2O3. The predicted octanol–water partition coefficient (Wildman–Crippen LogP) is 2.49. The summed E-state index contributed by atoms with van der Waals surface area (Å²) < 4.78 is 5.10. The molecule has 2 amide bonds. The Morgan fingerprint density at radius 1 is 1.14 bits per heavy atom. The standard InChI is InChI=1S/C16H20N2O3/c1-21-13-5-4-11(8-12(13)17)18-14(19)9-16(10-15(18)20)6-2-3-7-16/h4-5,8H,2-3,6-7,9-10,17H2,1H3. The predicted molar refractivity (Wildman–Crippen MR) is 80.0 cm³/mol. The Morgan fingerprint density at radius 3 is 2.29 bits per heavy atom. The van der Waals surface area contributed by atoms with Crippen LogP contribution in [-0.2, 0) is 9.59 Å². The average molecular weight is 288 g/mol. The molecule has 5 nitrogen and oxygen atoms in total. The van der Waals surface area contributed by atoms with E-state index in [-0.39, 0.29) is 17.2 Å². The van der Waals surface area contributed by atoms with Crippen LogP contribution in [0.15, 0.2) is 18.2 Å². The van der Waals surface area contributed by atoms with E-state index in [1.807, 2.05) is 0 Å². The summed E-state index contributed by atoms with van der Waals surface area (Å²) in [7, 11) is 1.53. The fraction of sp³-hybridized carbons (Fsp3) is 0.500. The molecular weight excluding hydrogens is 268 g/mol. The van der Waals surface area contributed by atoms with Crippen LogP contribution in [0.1, 0.15) is 38.5 Å². The average Bonchev–Trinajstić information content (AvgIpc) is 2.85. The first-order valence-electron chi connectivity index (χ1n) is 7.34. The van der Waals surface area contributed by atoms with Crippen molar-refractivity contribution in [3.63, 3.8) is 0 Å². The van der Waals surface area contributed by atoms with Gasteiger partial charge in [0.05, 0.1) is 18.5 Å². The number of nitrogen functional groups attached to an aromatic ring is 1. The van der Waals surface area contributed by atoms with Gasteiger partial charge in [0, 0.05) is 12.8 Å². The number of anilines is 2. The number of carbonyl (C=O) groups is 2. The maximum atomic E-state index is 12.5. The molecule has 1 saturated carbocycles. The third kappa shape index (κ3) is 2.37. The molecule has 1 spiro atoms. The highest BCUT2D eigenvalue weighted by Gasteiger charge is 2.45. The van der Waals surface area contributed by atoms with Gasteiger partial charge < -0.3 is 10.5 Å². The summed E-state index contributed by atoms with van der Waals surface area (Å²) in [5.74, 6) is 0.318. The second-order valence-corrected chi connectivity index (χ2v) is 6.11. The quantitative estimate of drug-likeness (QED) is 0.670. The molecule has 3 rings (SSSR count). The van der Waals surface area contributed by atoms with Gasteiger partial charge in [0.15, 0.2) is 0 Å². The van der Waals surface area contributed by atoms with E-state index in [1.165, 1.54) is 12.0 Å². The number of benzene rings is 1. The van der Waals surface area contributed by atoms with Gasteiger partial charge >= 0.3 is 0 Å². The number of ether oxygens (including phenoxy) is 1. The van der Waals surface area contributed by atoms with Crippen LogP contribution in [0.3, 0.4) is 0 Å². The second-order valence-electron chi connectivity index (χ2n) is 6.11. The molecule has 1 aliphatic heterocycles. The van der Waals surface area contributed by atoms with E-state index in [4.69, 9.17) is 10.5 Å². The van der Waals surface area contributed by atoms with Gasteiger partial charge in [-0.25, -0.2) is 0 Å². The molecule has 1 aromatic carbocycles. The summed E-state index contributed by atoms with van der Waals surface area (Å²) in [5, 5.41) is 0. The van der Waals surface area contributed by atoms with Crippen molar-refractivity contribution in [2.75, 3.05) is 17.7 Å². The molecule has 1 heterocycles. The number of hydrogen-bond donors (Lipinski definition) is 1. The molecule has 0 atom stereocenters. The Labute approximate surface area is 124 Å². The van der Waals surface area contributed by atoms with Gasteiger partial charge in [-0.3, -0.25) is 14.5 Å². The molecule has 0 radical (unpaired) electrons. The highest BCUT2D eigenvalue weighted by Crippen LogP contribution is 2.47. The van der Waals surface area contributed by atoms with E-state index in [0.717, 1.165) is 25.7 Å². The lowest BCUT2D eigenvalue weighted by Gasteiger charge is -2.37. The van der Waals surface area contributed by atoms with Gasteiger partial charge in [0.2, 0.25) is 11.8 Å². The molecule has 0 aromatic heterocycles. The lowest BCUT2D eigenvalue weighted by molar-refractivity contribution is -0.133. The minimum Gasteiger partial charge on any atom is -0.495 e. The van der Waals surface area contributed by atoms with Crippen LogP contribution >= 0.6 is 0 Å². The Kier molecular flexibility index (Phi) is 3.35. The molecule has 2 N–H and O–H groups in total. The Bertz CT molecular complexity index is 571. The SMILES string of the molecule is COc1ccc(N2C(=O)CC3(CCCC3)CC2=O)cc1N. The number of hydrogen-bond acceptors (Lipinski definition) is 4. The van der Waals surface area contributed by atoms with Crippen LogP contribution in [0.5, 0.6) is 5.75 Å². The fourth-order valence-electron chi connectivity index (χ4n) is 3.63. The number of amides is 2. The van der Waals surface area contributed by atoms with Gasteiger partial charge in [-0.2, -0.15) is 0 Å². The second kappa shape index (κ2) is 5.06. The number of carbonyl (C=O) groups excluding carboxylic acids is 2. The Hall–Kier alpha value is -2.04. The minimum absolute atomic E-state index is 0.0807. The normalized spacial score (nSPS) is 21.1. The first-order chi connectivity index (χ1) is 10.0. The zero-order chi connectivity index (χ0) is 15.0. The Balaban J connectivity index is 1.87. The molecule has 2 aliphatic rings. The lowest BCUT2D eigenvalue weighted by atomic mass is 9.76. The summed E-state index contributed by atoms with van der Waals surface area (Å²) in [6, 6.07) is 5.02. The topological polar surface area (TPSA) is 72.6 Å². The monoisotopic (exact) mass is 288 g/mol. The number of piperidine rings is 1. The van der Waals surface area contributed by atoms with Gasteiger partial charge in [-0.15, -0.1) is 0 Å². The largest absolute Gasteiger partial charge is 0.495 e. The van der Waals surface area contributed by atoms with Crippen molar-refractivity contribution in [3.8, 4) is 5.75 Å². The molecule has 1 saturated heterocycles. The smallest absolute Gasteiger partial charge is 0.234 e. The number of imide groups is 1. The number of nitrogens with two attached hydrogens (primary N) is 1. The zero-order valence-corrected chi connectivity index (χ0v) is 12.2. The molecule has 2 fully saturated rings. The van der Waals surface area contributed by atoms with Crippen molar-refractivity contribution < 1.29 is 14.3 Å². The van der Waals surface area contributed by atoms with E-state index in [9.17, 15) is 9.59 Å². The number of rotatable bonds is 2. The number of methoxy groups -OCH3 is 1. The Morgan fingerprint density at radius 2 is 1.76 bits per heavy atom. The van der Waals surface area contributed by atoms with Gasteiger partial charge in [-0.05, 0) is 36.5 Å². The highest BCUT2D eigenvalue weighted by molar-refractivity contribution is 6.17. The van der Waals surface area contributed by atoms with Crippen molar-refractivity contribution in [2.45, 2.75) is 38.5 Å². The van der Waals surface area contributed by atoms with Crippen molar-refractivity contribution in [2.24, 2.45) is 5.41 Å². The van der Waals surface area contributed by atoms with Crippen LogP contribution in [0.25, 0.3) is 0 Å². The van der Waals surface area contributed by atoms with Crippen molar-refractivity contribution >= 4 is 23.2 Å². The summed E-state index contributed by atoms with van der Waals surface area (Å²) in [5.41, 5.74) is 6.76. The van der Waals surface area contributed by atoms with Crippen molar-refractivity contribution in [1.29, 1.82) is 0 Å². The van der Waals surface area contributed by atoms with Crippen molar-refractivity contribution in [3.05, 3.63) is 18.2 Å². The molecule has 5 heteroatoms. The van der Waals surface area contributed by atoms with E-state index in [1.54, 1.807) is 18.2 Å². The summed E-state index contributed by atoms with van der Waals surface area (Å²) in [6.07, 6.45) is 5.15. The van der Waals surface area contributed by atoms with E-state index in [0.29, 0.717) is 30.0 Å². The molecule has 112 valence electrons. The third-order valence-electron chi connectivity index (χ3n) is 4.69. The molecule has 0 bridgehead atoms. The molecule has 1 aromatic rings. The third-order valence-corrected chi connectivity index (χ3v) is 4.69. The lowest BCUT2D eigenvalue weighted by Crippen LogP contribution is -2.47.